The molecule has 0 fully saturated rings. The van der Waals surface area contributed by atoms with E-state index in [9.17, 15) is 10.1 Å². The maximum atomic E-state index is 11.6. The largest absolute Gasteiger partial charge is 0.397 e. The zero-order chi connectivity index (χ0) is 19.1. The van der Waals surface area contributed by atoms with E-state index in [4.69, 9.17) is 16.7 Å². The minimum Gasteiger partial charge on any atom is -0.397 e. The third-order valence-electron chi connectivity index (χ3n) is 4.43. The molecule has 1 atom stereocenters. The van der Waals surface area contributed by atoms with Gasteiger partial charge in [0.2, 0.25) is 11.9 Å². The fourth-order valence-electron chi connectivity index (χ4n) is 3.24. The number of nitrogens with zero attached hydrogens (tertiary/aromatic N) is 4. The Kier molecular flexibility index (Phi) is 3.53. The molecule has 2 aromatic rings. The summed E-state index contributed by atoms with van der Waals surface area (Å²) in [7, 11) is 0. The van der Waals surface area contributed by atoms with Gasteiger partial charge >= 0.3 is 0 Å². The number of benzene rings is 1. The van der Waals surface area contributed by atoms with E-state index in [1.165, 1.54) is 0 Å². The van der Waals surface area contributed by atoms with Crippen LogP contribution in [0, 0.1) is 22.8 Å². The number of nitrogens with one attached hydrogen (secondary N) is 3. The molecule has 132 valence electrons. The number of rotatable bonds is 1. The van der Waals surface area contributed by atoms with Crippen molar-refractivity contribution in [3.63, 3.8) is 0 Å². The number of aliphatic imine (C=N–C) groups is 1. The minimum absolute atomic E-state index is 0.0121. The highest BCUT2D eigenvalue weighted by atomic mass is 16.1. The van der Waals surface area contributed by atoms with Gasteiger partial charge in [0.25, 0.3) is 0 Å². The van der Waals surface area contributed by atoms with Gasteiger partial charge in [-0.2, -0.15) is 10.5 Å². The number of pyridine rings is 1. The summed E-state index contributed by atoms with van der Waals surface area (Å²) in [6.07, 6.45) is 2.07. The second kappa shape index (κ2) is 5.89. The van der Waals surface area contributed by atoms with Crippen molar-refractivity contribution in [1.82, 2.24) is 10.3 Å². The van der Waals surface area contributed by atoms with Gasteiger partial charge < -0.3 is 22.1 Å². The number of hydrogen-bond acceptors (Lipinski definition) is 9. The Labute approximate surface area is 153 Å². The van der Waals surface area contributed by atoms with Crippen molar-refractivity contribution in [3.05, 3.63) is 40.5 Å². The number of guanidine groups is 1. The molecule has 0 saturated heterocycles. The normalized spacial score (nSPS) is 16.7. The van der Waals surface area contributed by atoms with E-state index in [0.29, 0.717) is 11.4 Å². The Bertz CT molecular complexity index is 1110. The summed E-state index contributed by atoms with van der Waals surface area (Å²) in [4.78, 5) is 20.3. The van der Waals surface area contributed by atoms with Crippen LogP contribution in [0.5, 0.6) is 0 Å². The molecule has 0 bridgehead atoms. The van der Waals surface area contributed by atoms with Crippen LogP contribution in [0.2, 0.25) is 0 Å². The second-order valence-corrected chi connectivity index (χ2v) is 6.04. The quantitative estimate of drug-likeness (QED) is 0.362. The molecule has 7 N–H and O–H groups in total. The number of amides is 1. The fraction of sp³-hybridized carbons (Fsp3) is 0.118. The summed E-state index contributed by atoms with van der Waals surface area (Å²) in [5.74, 6) is 0.406. The maximum absolute atomic E-state index is 11.6. The number of carbonyl (C=O) groups excluding carboxylic acids is 1. The van der Waals surface area contributed by atoms with E-state index in [2.05, 4.69) is 25.9 Å². The number of aromatic nitrogens is 1. The fourth-order valence-corrected chi connectivity index (χ4v) is 3.24. The number of carbonyl (C=O) groups is 1. The number of nitrogen functional groups attached to an aromatic ring is 2. The van der Waals surface area contributed by atoms with E-state index >= 15 is 0 Å². The summed E-state index contributed by atoms with van der Waals surface area (Å²) < 4.78 is 0. The average molecular weight is 359 g/mol. The average Bonchev–Trinajstić information content (AvgIpc) is 3.00. The lowest BCUT2D eigenvalue weighted by Crippen LogP contribution is -2.32. The van der Waals surface area contributed by atoms with Crippen molar-refractivity contribution in [1.29, 1.82) is 10.5 Å². The van der Waals surface area contributed by atoms with Crippen LogP contribution in [0.3, 0.4) is 0 Å². The van der Waals surface area contributed by atoms with Gasteiger partial charge in [0.1, 0.15) is 29.3 Å². The molecule has 1 aromatic carbocycles. The Morgan fingerprint density at radius 2 is 2.07 bits per heavy atom. The van der Waals surface area contributed by atoms with Crippen LogP contribution in [-0.4, -0.2) is 16.9 Å². The molecule has 1 amide bonds. The van der Waals surface area contributed by atoms with Crippen LogP contribution < -0.4 is 27.4 Å². The van der Waals surface area contributed by atoms with Gasteiger partial charge in [0.05, 0.1) is 12.1 Å². The number of anilines is 4. The molecular formula is C17H13N9O. The lowest BCUT2D eigenvalue weighted by molar-refractivity contribution is -0.115. The van der Waals surface area contributed by atoms with Crippen molar-refractivity contribution < 1.29 is 4.79 Å². The zero-order valence-electron chi connectivity index (χ0n) is 13.9. The molecule has 0 aliphatic carbocycles. The van der Waals surface area contributed by atoms with Crippen LogP contribution in [0.25, 0.3) is 0 Å². The van der Waals surface area contributed by atoms with E-state index in [1.807, 2.05) is 12.1 Å². The summed E-state index contributed by atoms with van der Waals surface area (Å²) in [6.45, 7) is 0. The molecule has 27 heavy (non-hydrogen) atoms. The molecule has 3 heterocycles. The first kappa shape index (κ1) is 16.2. The minimum atomic E-state index is -0.627. The zero-order valence-corrected chi connectivity index (χ0v) is 13.9. The van der Waals surface area contributed by atoms with Gasteiger partial charge in [-0.1, -0.05) is 12.1 Å². The molecule has 0 saturated carbocycles. The molecule has 2 aliphatic heterocycles. The van der Waals surface area contributed by atoms with Gasteiger partial charge in [0.15, 0.2) is 6.19 Å². The summed E-state index contributed by atoms with van der Waals surface area (Å²) in [5, 5.41) is 26.3. The molecule has 10 heteroatoms. The van der Waals surface area contributed by atoms with E-state index in [1.54, 1.807) is 18.3 Å². The van der Waals surface area contributed by atoms with Crippen LogP contribution >= 0.6 is 0 Å². The SMILES string of the molecule is N#CNC1=NC(c2ccc3c(c2)CC(=O)N3)c2c(nc(N)c(C#N)c2N)N1. The second-order valence-electron chi connectivity index (χ2n) is 6.04. The predicted octanol–water partition coefficient (Wildman–Crippen LogP) is 0.554. The molecule has 1 unspecified atom stereocenters. The molecule has 2 aliphatic rings. The first-order valence-electron chi connectivity index (χ1n) is 7.93. The highest BCUT2D eigenvalue weighted by Gasteiger charge is 2.30. The Morgan fingerprint density at radius 3 is 2.81 bits per heavy atom. The topological polar surface area (TPSA) is 178 Å². The van der Waals surface area contributed by atoms with Crippen LogP contribution in [0.4, 0.5) is 23.0 Å². The van der Waals surface area contributed by atoms with E-state index in [0.717, 1.165) is 16.8 Å². The molecule has 0 radical (unpaired) electrons. The number of nitriles is 2. The van der Waals surface area contributed by atoms with Crippen LogP contribution in [-0.2, 0) is 11.2 Å². The maximum Gasteiger partial charge on any atom is 0.228 e. The highest BCUT2D eigenvalue weighted by Crippen LogP contribution is 2.41. The van der Waals surface area contributed by atoms with Crippen molar-refractivity contribution in [2.45, 2.75) is 12.5 Å². The van der Waals surface area contributed by atoms with E-state index in [-0.39, 0.29) is 35.4 Å². The monoisotopic (exact) mass is 359 g/mol. The number of fused-ring (bicyclic) bond motifs is 2. The van der Waals surface area contributed by atoms with Gasteiger partial charge in [-0.3, -0.25) is 10.1 Å². The van der Waals surface area contributed by atoms with E-state index < -0.39 is 6.04 Å². The highest BCUT2D eigenvalue weighted by molar-refractivity contribution is 6.00. The van der Waals surface area contributed by atoms with Crippen LogP contribution in [0.1, 0.15) is 28.3 Å². The molecule has 0 spiro atoms. The third-order valence-corrected chi connectivity index (χ3v) is 4.43. The molecular weight excluding hydrogens is 346 g/mol. The van der Waals surface area contributed by atoms with Crippen molar-refractivity contribution in [3.8, 4) is 12.3 Å². The van der Waals surface area contributed by atoms with Gasteiger partial charge in [-0.15, -0.1) is 0 Å². The van der Waals surface area contributed by atoms with Crippen molar-refractivity contribution in [2.75, 3.05) is 22.1 Å². The van der Waals surface area contributed by atoms with Gasteiger partial charge in [0, 0.05) is 11.3 Å². The standard InChI is InChI=1S/C17H13N9O/c18-5-9-13(20)12-14(7-1-2-10-8(3-7)4-11(27)23-10)24-17(22-6-19)26-16(12)25-15(9)21/h1-3,14H,4H2,(H,23,27)(H6,20,21,22,24,25,26). The smallest absolute Gasteiger partial charge is 0.228 e. The van der Waals surface area contributed by atoms with Crippen LogP contribution in [0.15, 0.2) is 23.2 Å². The molecule has 4 rings (SSSR count). The third kappa shape index (κ3) is 2.53. The van der Waals surface area contributed by atoms with Gasteiger partial charge in [-0.05, 0) is 17.2 Å². The van der Waals surface area contributed by atoms with Gasteiger partial charge in [-0.25, -0.2) is 9.98 Å². The number of hydrogen-bond donors (Lipinski definition) is 5. The summed E-state index contributed by atoms with van der Waals surface area (Å²) in [6, 6.07) is 6.77. The Balaban J connectivity index is 1.90. The molecule has 10 nitrogen and oxygen atoms in total. The van der Waals surface area contributed by atoms with Crippen molar-refractivity contribution in [2.24, 2.45) is 4.99 Å². The lowest BCUT2D eigenvalue weighted by Gasteiger charge is -2.26. The number of nitrogens with two attached hydrogens (primary N) is 2. The Hall–Kier alpha value is -4.31. The lowest BCUT2D eigenvalue weighted by atomic mass is 9.93. The Morgan fingerprint density at radius 1 is 1.26 bits per heavy atom. The summed E-state index contributed by atoms with van der Waals surface area (Å²) in [5.41, 5.74) is 15.1. The first-order chi connectivity index (χ1) is 13.0. The summed E-state index contributed by atoms with van der Waals surface area (Å²) >= 11 is 0. The van der Waals surface area contributed by atoms with Crippen molar-refractivity contribution >= 4 is 34.9 Å². The predicted molar refractivity (Wildman–Crippen MR) is 98.2 cm³/mol. The first-order valence-corrected chi connectivity index (χ1v) is 7.93. The molecule has 1 aromatic heterocycles.